The number of nitrogens with one attached hydrogen (secondary N) is 1. The summed E-state index contributed by atoms with van der Waals surface area (Å²) in [7, 11) is 1.83. The summed E-state index contributed by atoms with van der Waals surface area (Å²) in [6.45, 7) is 5.60. The number of rotatable bonds is 5. The summed E-state index contributed by atoms with van der Waals surface area (Å²) in [4.78, 5) is 20.7. The van der Waals surface area contributed by atoms with Gasteiger partial charge in [-0.3, -0.25) is 4.79 Å². The Hall–Kier alpha value is -1.30. The highest BCUT2D eigenvalue weighted by Crippen LogP contribution is 2.39. The fraction of sp³-hybridized carbons (Fsp3) is 0.643. The summed E-state index contributed by atoms with van der Waals surface area (Å²) in [5, 5.41) is 3.85. The molecule has 0 atom stereocenters. The van der Waals surface area contributed by atoms with Gasteiger partial charge in [0.05, 0.1) is 5.75 Å². The minimum atomic E-state index is -0.446. The maximum Gasteiger partial charge on any atom is 0.316 e. The minimum Gasteiger partial charge on any atom is -0.459 e. The molecule has 6 heteroatoms. The monoisotopic (exact) mass is 295 g/mol. The van der Waals surface area contributed by atoms with E-state index in [-0.39, 0.29) is 11.7 Å². The number of carbonyl (C=O) groups excluding carboxylic acids is 1. The van der Waals surface area contributed by atoms with Gasteiger partial charge in [0, 0.05) is 19.0 Å². The van der Waals surface area contributed by atoms with E-state index < -0.39 is 5.60 Å². The van der Waals surface area contributed by atoms with Crippen LogP contribution in [0.5, 0.6) is 0 Å². The van der Waals surface area contributed by atoms with Crippen LogP contribution in [0, 0.1) is 0 Å². The molecule has 1 aliphatic carbocycles. The van der Waals surface area contributed by atoms with Crippen molar-refractivity contribution in [2.45, 2.75) is 50.2 Å². The Morgan fingerprint density at radius 2 is 2.15 bits per heavy atom. The van der Waals surface area contributed by atoms with Crippen LogP contribution in [-0.2, 0) is 9.53 Å². The topological polar surface area (TPSA) is 64.1 Å². The molecule has 5 nitrogen and oxygen atoms in total. The molecule has 2 rings (SSSR count). The lowest BCUT2D eigenvalue weighted by atomic mass is 10.2. The molecule has 1 saturated carbocycles. The maximum absolute atomic E-state index is 11.7. The van der Waals surface area contributed by atoms with Crippen LogP contribution in [0.1, 0.15) is 45.4 Å². The summed E-state index contributed by atoms with van der Waals surface area (Å²) in [5.74, 6) is 2.21. The number of ether oxygens (including phenoxy) is 1. The Bertz CT molecular complexity index is 496. The van der Waals surface area contributed by atoms with Crippen molar-refractivity contribution in [1.82, 2.24) is 9.97 Å². The van der Waals surface area contributed by atoms with E-state index in [1.807, 2.05) is 33.9 Å². The Morgan fingerprint density at radius 1 is 1.45 bits per heavy atom. The second-order valence-corrected chi connectivity index (χ2v) is 6.84. The molecule has 0 saturated heterocycles. The number of esters is 1. The Morgan fingerprint density at radius 3 is 2.70 bits per heavy atom. The van der Waals surface area contributed by atoms with Gasteiger partial charge < -0.3 is 10.1 Å². The molecule has 0 aromatic carbocycles. The van der Waals surface area contributed by atoms with Crippen LogP contribution in [0.15, 0.2) is 11.1 Å². The third-order valence-electron chi connectivity index (χ3n) is 2.68. The zero-order valence-electron chi connectivity index (χ0n) is 12.4. The van der Waals surface area contributed by atoms with Crippen LogP contribution in [-0.4, -0.2) is 34.3 Å². The van der Waals surface area contributed by atoms with Gasteiger partial charge in [-0.25, -0.2) is 9.97 Å². The summed E-state index contributed by atoms with van der Waals surface area (Å²) in [6, 6.07) is 1.86. The van der Waals surface area contributed by atoms with E-state index in [0.717, 1.165) is 29.5 Å². The van der Waals surface area contributed by atoms with Gasteiger partial charge in [-0.2, -0.15) is 0 Å². The van der Waals surface area contributed by atoms with Crippen molar-refractivity contribution in [2.75, 3.05) is 18.1 Å². The average Bonchev–Trinajstić information content (AvgIpc) is 3.18. The number of hydrogen-bond donors (Lipinski definition) is 1. The molecule has 0 unspecified atom stereocenters. The Balaban J connectivity index is 1.98. The molecule has 1 aromatic rings. The first-order chi connectivity index (χ1) is 9.37. The largest absolute Gasteiger partial charge is 0.459 e. The van der Waals surface area contributed by atoms with Crippen LogP contribution >= 0.6 is 11.8 Å². The molecular weight excluding hydrogens is 274 g/mol. The third kappa shape index (κ3) is 4.67. The standard InChI is InChI=1S/C14H21N3O2S/c1-14(2,3)19-12(18)8-20-11-7-10(15-4)16-13(17-11)9-5-6-9/h7,9H,5-6,8H2,1-4H3,(H,15,16,17). The van der Waals surface area contributed by atoms with Crippen molar-refractivity contribution < 1.29 is 9.53 Å². The molecule has 0 aliphatic heterocycles. The van der Waals surface area contributed by atoms with Gasteiger partial charge in [0.1, 0.15) is 22.3 Å². The quantitative estimate of drug-likeness (QED) is 0.512. The second-order valence-electron chi connectivity index (χ2n) is 5.85. The van der Waals surface area contributed by atoms with Gasteiger partial charge in [-0.05, 0) is 33.6 Å². The number of anilines is 1. The maximum atomic E-state index is 11.7. The number of nitrogens with zero attached hydrogens (tertiary/aromatic N) is 2. The fourth-order valence-corrected chi connectivity index (χ4v) is 2.35. The van der Waals surface area contributed by atoms with Crippen LogP contribution in [0.4, 0.5) is 5.82 Å². The molecule has 1 N–H and O–H groups in total. The fourth-order valence-electron chi connectivity index (χ4n) is 1.67. The molecule has 1 fully saturated rings. The highest BCUT2D eigenvalue weighted by atomic mass is 32.2. The Labute approximate surface area is 123 Å². The number of thioether (sulfide) groups is 1. The third-order valence-corrected chi connectivity index (χ3v) is 3.56. The first-order valence-electron chi connectivity index (χ1n) is 6.79. The second kappa shape index (κ2) is 5.99. The van der Waals surface area contributed by atoms with Crippen molar-refractivity contribution in [3.8, 4) is 0 Å². The lowest BCUT2D eigenvalue weighted by Gasteiger charge is -2.19. The first-order valence-corrected chi connectivity index (χ1v) is 7.77. The highest BCUT2D eigenvalue weighted by Gasteiger charge is 2.27. The SMILES string of the molecule is CNc1cc(SCC(=O)OC(C)(C)C)nc(C2CC2)n1. The van der Waals surface area contributed by atoms with Gasteiger partial charge in [0.25, 0.3) is 0 Å². The smallest absolute Gasteiger partial charge is 0.316 e. The van der Waals surface area contributed by atoms with E-state index in [1.54, 1.807) is 0 Å². The molecule has 1 aliphatic rings. The predicted molar refractivity (Wildman–Crippen MR) is 80.1 cm³/mol. The van der Waals surface area contributed by atoms with E-state index in [9.17, 15) is 4.79 Å². The predicted octanol–water partition coefficient (Wildman–Crippen LogP) is 2.83. The van der Waals surface area contributed by atoms with E-state index in [2.05, 4.69) is 15.3 Å². The lowest BCUT2D eigenvalue weighted by molar-refractivity contribution is -0.151. The number of carbonyl (C=O) groups is 1. The summed E-state index contributed by atoms with van der Waals surface area (Å²) >= 11 is 1.39. The molecule has 20 heavy (non-hydrogen) atoms. The van der Waals surface area contributed by atoms with Gasteiger partial charge in [-0.15, -0.1) is 0 Å². The lowest BCUT2D eigenvalue weighted by Crippen LogP contribution is -2.24. The number of hydrogen-bond acceptors (Lipinski definition) is 6. The summed E-state index contributed by atoms with van der Waals surface area (Å²) in [5.41, 5.74) is -0.446. The summed E-state index contributed by atoms with van der Waals surface area (Å²) in [6.07, 6.45) is 2.31. The molecule has 0 spiro atoms. The zero-order chi connectivity index (χ0) is 14.8. The van der Waals surface area contributed by atoms with Gasteiger partial charge >= 0.3 is 5.97 Å². The Kier molecular flexibility index (Phi) is 4.52. The number of aromatic nitrogens is 2. The van der Waals surface area contributed by atoms with E-state index in [4.69, 9.17) is 4.74 Å². The highest BCUT2D eigenvalue weighted by molar-refractivity contribution is 7.99. The molecule has 0 bridgehead atoms. The van der Waals surface area contributed by atoms with Crippen LogP contribution < -0.4 is 5.32 Å². The van der Waals surface area contributed by atoms with Crippen LogP contribution in [0.3, 0.4) is 0 Å². The molecule has 0 amide bonds. The molecular formula is C14H21N3O2S. The van der Waals surface area contributed by atoms with Crippen LogP contribution in [0.2, 0.25) is 0 Å². The van der Waals surface area contributed by atoms with Gasteiger partial charge in [-0.1, -0.05) is 11.8 Å². The minimum absolute atomic E-state index is 0.222. The van der Waals surface area contributed by atoms with E-state index in [1.165, 1.54) is 11.8 Å². The molecule has 110 valence electrons. The first kappa shape index (κ1) is 15.1. The normalized spacial score (nSPS) is 15.0. The van der Waals surface area contributed by atoms with Crippen molar-refractivity contribution in [2.24, 2.45) is 0 Å². The average molecular weight is 295 g/mol. The van der Waals surface area contributed by atoms with Gasteiger partial charge in [0.15, 0.2) is 0 Å². The van der Waals surface area contributed by atoms with E-state index >= 15 is 0 Å². The molecule has 0 radical (unpaired) electrons. The van der Waals surface area contributed by atoms with Crippen LogP contribution in [0.25, 0.3) is 0 Å². The summed E-state index contributed by atoms with van der Waals surface area (Å²) < 4.78 is 5.29. The van der Waals surface area contributed by atoms with E-state index in [0.29, 0.717) is 5.92 Å². The molecule has 1 aromatic heterocycles. The van der Waals surface area contributed by atoms with Crippen molar-refractivity contribution in [3.63, 3.8) is 0 Å². The zero-order valence-corrected chi connectivity index (χ0v) is 13.2. The van der Waals surface area contributed by atoms with Crippen molar-refractivity contribution in [3.05, 3.63) is 11.9 Å². The van der Waals surface area contributed by atoms with Crippen molar-refractivity contribution in [1.29, 1.82) is 0 Å². The van der Waals surface area contributed by atoms with Crippen molar-refractivity contribution >= 4 is 23.5 Å². The van der Waals surface area contributed by atoms with Gasteiger partial charge in [0.2, 0.25) is 0 Å². The molecule has 1 heterocycles.